The number of hydrogen-bond acceptors (Lipinski definition) is 4. The van der Waals surface area contributed by atoms with Gasteiger partial charge in [-0.1, -0.05) is 13.8 Å². The van der Waals surface area contributed by atoms with E-state index in [1.54, 1.807) is 23.3 Å². The second-order valence-corrected chi connectivity index (χ2v) is 7.00. The van der Waals surface area contributed by atoms with Gasteiger partial charge in [0.2, 0.25) is 5.91 Å². The number of hydrogen-bond donors (Lipinski definition) is 1. The van der Waals surface area contributed by atoms with Crippen LogP contribution in [0.3, 0.4) is 0 Å². The van der Waals surface area contributed by atoms with Crippen molar-refractivity contribution in [1.29, 1.82) is 0 Å². The molecule has 0 aliphatic heterocycles. The van der Waals surface area contributed by atoms with E-state index in [0.717, 1.165) is 15.6 Å². The summed E-state index contributed by atoms with van der Waals surface area (Å²) in [5.74, 6) is -0.367. The molecule has 0 aromatic carbocycles. The minimum atomic E-state index is -0.810. The zero-order valence-corrected chi connectivity index (χ0v) is 14.9. The number of carbonyl (C=O) groups excluding carboxylic acids is 1. The van der Waals surface area contributed by atoms with Gasteiger partial charge in [0.25, 0.3) is 0 Å². The number of carbonyl (C=O) groups is 2. The van der Waals surface area contributed by atoms with Crippen molar-refractivity contribution in [2.24, 2.45) is 0 Å². The van der Waals surface area contributed by atoms with E-state index in [9.17, 15) is 9.59 Å². The predicted molar refractivity (Wildman–Crippen MR) is 88.2 cm³/mol. The monoisotopic (exact) mass is 326 g/mol. The van der Waals surface area contributed by atoms with Gasteiger partial charge < -0.3 is 10.0 Å². The minimum Gasteiger partial charge on any atom is -0.481 e. The highest BCUT2D eigenvalue weighted by molar-refractivity contribution is 7.11. The molecule has 1 amide bonds. The maximum atomic E-state index is 12.2. The second kappa shape index (κ2) is 8.27. The number of rotatable bonds is 8. The van der Waals surface area contributed by atoms with Gasteiger partial charge in [-0.05, 0) is 26.7 Å². The second-order valence-electron chi connectivity index (χ2n) is 5.94. The molecular formula is C16H26N2O3S. The van der Waals surface area contributed by atoms with E-state index in [4.69, 9.17) is 5.11 Å². The minimum absolute atomic E-state index is 0.00280. The third-order valence-electron chi connectivity index (χ3n) is 3.73. The van der Waals surface area contributed by atoms with Crippen LogP contribution in [0.4, 0.5) is 0 Å². The lowest BCUT2D eigenvalue weighted by molar-refractivity contribution is -0.137. The number of aromatic nitrogens is 1. The summed E-state index contributed by atoms with van der Waals surface area (Å²) in [6.45, 7) is 8.23. The molecular weight excluding hydrogens is 300 g/mol. The largest absolute Gasteiger partial charge is 0.481 e. The maximum absolute atomic E-state index is 12.2. The Kier molecular flexibility index (Phi) is 7.00. The van der Waals surface area contributed by atoms with Gasteiger partial charge >= 0.3 is 5.97 Å². The number of thiazole rings is 1. The molecule has 0 saturated carbocycles. The Bertz CT molecular complexity index is 525. The zero-order chi connectivity index (χ0) is 16.9. The summed E-state index contributed by atoms with van der Waals surface area (Å²) in [5, 5.41) is 9.70. The van der Waals surface area contributed by atoms with E-state index < -0.39 is 5.97 Å². The molecule has 1 aromatic heterocycles. The van der Waals surface area contributed by atoms with Crippen LogP contribution in [0, 0.1) is 6.92 Å². The van der Waals surface area contributed by atoms with Crippen LogP contribution < -0.4 is 0 Å². The van der Waals surface area contributed by atoms with Gasteiger partial charge in [-0.25, -0.2) is 4.98 Å². The average Bonchev–Trinajstić information content (AvgIpc) is 2.83. The number of carboxylic acids is 1. The summed E-state index contributed by atoms with van der Waals surface area (Å²) >= 11 is 1.67. The van der Waals surface area contributed by atoms with Crippen molar-refractivity contribution in [3.8, 4) is 0 Å². The summed E-state index contributed by atoms with van der Waals surface area (Å²) in [6, 6.07) is -0.00280. The first-order valence-electron chi connectivity index (χ1n) is 7.68. The van der Waals surface area contributed by atoms with Gasteiger partial charge in [0.1, 0.15) is 0 Å². The predicted octanol–water partition coefficient (Wildman–Crippen LogP) is 3.74. The van der Waals surface area contributed by atoms with E-state index >= 15 is 0 Å². The highest BCUT2D eigenvalue weighted by Gasteiger charge is 2.22. The first-order valence-corrected chi connectivity index (χ1v) is 8.50. The highest BCUT2D eigenvalue weighted by Crippen LogP contribution is 2.32. The Morgan fingerprint density at radius 3 is 2.32 bits per heavy atom. The maximum Gasteiger partial charge on any atom is 0.303 e. The number of amides is 1. The van der Waals surface area contributed by atoms with Crippen molar-refractivity contribution in [3.05, 3.63) is 15.6 Å². The van der Waals surface area contributed by atoms with Gasteiger partial charge in [-0.2, -0.15) is 0 Å². The normalized spacial score (nSPS) is 12.5. The molecule has 5 nitrogen and oxygen atoms in total. The number of nitrogens with zero attached hydrogens (tertiary/aromatic N) is 2. The van der Waals surface area contributed by atoms with Crippen molar-refractivity contribution in [2.75, 3.05) is 7.05 Å². The van der Waals surface area contributed by atoms with Crippen LogP contribution in [0.15, 0.2) is 0 Å². The summed E-state index contributed by atoms with van der Waals surface area (Å²) in [4.78, 5) is 30.1. The first kappa shape index (κ1) is 18.6. The molecule has 1 aromatic rings. The van der Waals surface area contributed by atoms with Gasteiger partial charge in [-0.15, -0.1) is 11.3 Å². The van der Waals surface area contributed by atoms with Crippen molar-refractivity contribution in [2.45, 2.75) is 65.3 Å². The summed E-state index contributed by atoms with van der Waals surface area (Å²) in [5.41, 5.74) is 0.992. The van der Waals surface area contributed by atoms with Crippen LogP contribution in [0.5, 0.6) is 0 Å². The number of aliphatic carboxylic acids is 1. The molecule has 1 atom stereocenters. The van der Waals surface area contributed by atoms with Crippen LogP contribution in [-0.4, -0.2) is 33.9 Å². The molecule has 1 unspecified atom stereocenters. The van der Waals surface area contributed by atoms with E-state index in [0.29, 0.717) is 25.2 Å². The van der Waals surface area contributed by atoms with Crippen LogP contribution in [0.1, 0.15) is 74.0 Å². The Hall–Kier alpha value is -1.43. The lowest BCUT2D eigenvalue weighted by atomic mass is 10.1. The molecule has 124 valence electrons. The van der Waals surface area contributed by atoms with E-state index in [1.165, 1.54) is 0 Å². The molecule has 22 heavy (non-hydrogen) atoms. The lowest BCUT2D eigenvalue weighted by Gasteiger charge is -2.24. The van der Waals surface area contributed by atoms with Crippen LogP contribution in [0.2, 0.25) is 0 Å². The van der Waals surface area contributed by atoms with E-state index in [-0.39, 0.29) is 18.4 Å². The molecule has 6 heteroatoms. The van der Waals surface area contributed by atoms with Crippen molar-refractivity contribution in [1.82, 2.24) is 9.88 Å². The first-order chi connectivity index (χ1) is 10.2. The fraction of sp³-hybridized carbons (Fsp3) is 0.688. The Labute approximate surface area is 136 Å². The third kappa shape index (κ3) is 5.09. The zero-order valence-electron chi connectivity index (χ0n) is 14.0. The molecule has 0 saturated heterocycles. The van der Waals surface area contributed by atoms with Crippen LogP contribution >= 0.6 is 11.3 Å². The van der Waals surface area contributed by atoms with E-state index in [1.807, 2.05) is 13.8 Å². The van der Waals surface area contributed by atoms with Crippen molar-refractivity contribution < 1.29 is 14.7 Å². The van der Waals surface area contributed by atoms with Gasteiger partial charge in [0.05, 0.1) is 16.7 Å². The molecule has 1 heterocycles. The van der Waals surface area contributed by atoms with Crippen LogP contribution in [-0.2, 0) is 9.59 Å². The summed E-state index contributed by atoms with van der Waals surface area (Å²) in [7, 11) is 1.80. The van der Waals surface area contributed by atoms with Gasteiger partial charge in [0.15, 0.2) is 0 Å². The van der Waals surface area contributed by atoms with Crippen molar-refractivity contribution in [3.63, 3.8) is 0 Å². The highest BCUT2D eigenvalue weighted by atomic mass is 32.1. The molecule has 0 fully saturated rings. The average molecular weight is 326 g/mol. The van der Waals surface area contributed by atoms with Gasteiger partial charge in [0, 0.05) is 30.7 Å². The standard InChI is InChI=1S/C16H26N2O3S/c1-10(2)16-17-11(3)15(22-16)12(4)18(5)13(19)8-6-7-9-14(20)21/h10,12H,6-9H2,1-5H3,(H,20,21). The summed E-state index contributed by atoms with van der Waals surface area (Å²) in [6.07, 6.45) is 1.67. The molecule has 0 spiro atoms. The van der Waals surface area contributed by atoms with Crippen molar-refractivity contribution >= 4 is 23.2 Å². The molecule has 0 radical (unpaired) electrons. The fourth-order valence-electron chi connectivity index (χ4n) is 2.18. The Morgan fingerprint density at radius 1 is 1.23 bits per heavy atom. The number of carboxylic acid groups (broad SMARTS) is 1. The fourth-order valence-corrected chi connectivity index (χ4v) is 3.35. The van der Waals surface area contributed by atoms with E-state index in [2.05, 4.69) is 18.8 Å². The molecule has 0 aliphatic rings. The third-order valence-corrected chi connectivity index (χ3v) is 5.36. The number of unbranched alkanes of at least 4 members (excludes halogenated alkanes) is 1. The molecule has 0 aliphatic carbocycles. The SMILES string of the molecule is Cc1nc(C(C)C)sc1C(C)N(C)C(=O)CCCCC(=O)O. The molecule has 1 rings (SSSR count). The number of aryl methyl sites for hydroxylation is 1. The molecule has 0 bridgehead atoms. The summed E-state index contributed by atoms with van der Waals surface area (Å²) < 4.78 is 0. The lowest BCUT2D eigenvalue weighted by Crippen LogP contribution is -2.29. The topological polar surface area (TPSA) is 70.5 Å². The quantitative estimate of drug-likeness (QED) is 0.739. The van der Waals surface area contributed by atoms with Crippen LogP contribution in [0.25, 0.3) is 0 Å². The Morgan fingerprint density at radius 2 is 1.82 bits per heavy atom. The van der Waals surface area contributed by atoms with Gasteiger partial charge in [-0.3, -0.25) is 9.59 Å². The Balaban J connectivity index is 2.62. The molecule has 1 N–H and O–H groups in total. The smallest absolute Gasteiger partial charge is 0.303 e.